The summed E-state index contributed by atoms with van der Waals surface area (Å²) in [5.74, 6) is -0.545. The number of hydrogen-bond acceptors (Lipinski definition) is 4. The van der Waals surface area contributed by atoms with Crippen molar-refractivity contribution in [2.24, 2.45) is 5.92 Å². The summed E-state index contributed by atoms with van der Waals surface area (Å²) in [5, 5.41) is 4.37. The van der Waals surface area contributed by atoms with Crippen molar-refractivity contribution in [3.63, 3.8) is 0 Å². The zero-order valence-corrected chi connectivity index (χ0v) is 16.6. The van der Waals surface area contributed by atoms with E-state index < -0.39 is 6.04 Å². The van der Waals surface area contributed by atoms with Gasteiger partial charge in [0, 0.05) is 17.6 Å². The fourth-order valence-electron chi connectivity index (χ4n) is 4.72. The molecule has 3 heterocycles. The standard InChI is InChI=1S/C21H20BrN3O2/c1-13-3-9-16(10-4-13)25-20(26)17-18(14-5-7-15(22)8-6-14)23-11-2-12-24(23)19(17)21(25)27/h3-10,17-19H,2,11-12H2,1H3. The third kappa shape index (κ3) is 2.51. The number of benzene rings is 2. The number of halogens is 1. The van der Waals surface area contributed by atoms with Gasteiger partial charge in [-0.2, -0.15) is 0 Å². The van der Waals surface area contributed by atoms with E-state index >= 15 is 0 Å². The summed E-state index contributed by atoms with van der Waals surface area (Å²) in [6.45, 7) is 3.71. The van der Waals surface area contributed by atoms with Crippen molar-refractivity contribution in [1.29, 1.82) is 0 Å². The van der Waals surface area contributed by atoms with Gasteiger partial charge in [-0.3, -0.25) is 9.59 Å². The zero-order valence-electron chi connectivity index (χ0n) is 15.0. The minimum absolute atomic E-state index is 0.0856. The number of aryl methyl sites for hydroxylation is 1. The van der Waals surface area contributed by atoms with Crippen molar-refractivity contribution in [1.82, 2.24) is 10.0 Å². The smallest absolute Gasteiger partial charge is 0.253 e. The Hall–Kier alpha value is -2.02. The van der Waals surface area contributed by atoms with Crippen LogP contribution >= 0.6 is 15.9 Å². The molecule has 0 spiro atoms. The maximum atomic E-state index is 13.4. The third-order valence-electron chi connectivity index (χ3n) is 5.91. The van der Waals surface area contributed by atoms with Crippen LogP contribution in [0.4, 0.5) is 5.69 Å². The predicted octanol–water partition coefficient (Wildman–Crippen LogP) is 3.29. The van der Waals surface area contributed by atoms with E-state index in [1.165, 1.54) is 4.90 Å². The number of carbonyl (C=O) groups excluding carboxylic acids is 2. The van der Waals surface area contributed by atoms with E-state index in [-0.39, 0.29) is 23.8 Å². The summed E-state index contributed by atoms with van der Waals surface area (Å²) in [5.41, 5.74) is 2.87. The van der Waals surface area contributed by atoms with Gasteiger partial charge in [0.1, 0.15) is 6.04 Å². The van der Waals surface area contributed by atoms with Crippen molar-refractivity contribution in [2.45, 2.75) is 25.4 Å². The third-order valence-corrected chi connectivity index (χ3v) is 6.44. The average Bonchev–Trinajstić information content (AvgIpc) is 3.30. The topological polar surface area (TPSA) is 43.9 Å². The lowest BCUT2D eigenvalue weighted by atomic mass is 9.90. The Morgan fingerprint density at radius 2 is 1.48 bits per heavy atom. The molecule has 3 unspecified atom stereocenters. The van der Waals surface area contributed by atoms with Crippen molar-refractivity contribution in [3.8, 4) is 0 Å². The Bertz CT molecular complexity index is 912. The molecule has 3 saturated heterocycles. The fourth-order valence-corrected chi connectivity index (χ4v) is 4.99. The number of rotatable bonds is 2. The van der Waals surface area contributed by atoms with E-state index in [0.29, 0.717) is 5.69 Å². The Morgan fingerprint density at radius 3 is 2.15 bits per heavy atom. The molecule has 3 atom stereocenters. The highest BCUT2D eigenvalue weighted by Gasteiger charge is 2.62. The molecule has 0 aliphatic carbocycles. The van der Waals surface area contributed by atoms with Gasteiger partial charge in [-0.1, -0.05) is 45.8 Å². The maximum Gasteiger partial charge on any atom is 0.253 e. The van der Waals surface area contributed by atoms with Gasteiger partial charge >= 0.3 is 0 Å². The van der Waals surface area contributed by atoms with Crippen LogP contribution in [-0.2, 0) is 9.59 Å². The first kappa shape index (κ1) is 17.1. The van der Waals surface area contributed by atoms with Crippen molar-refractivity contribution in [3.05, 3.63) is 64.1 Å². The van der Waals surface area contributed by atoms with Gasteiger partial charge in [-0.05, 0) is 43.2 Å². The first-order valence-electron chi connectivity index (χ1n) is 9.29. The molecule has 3 aliphatic heterocycles. The summed E-state index contributed by atoms with van der Waals surface area (Å²) in [7, 11) is 0. The predicted molar refractivity (Wildman–Crippen MR) is 106 cm³/mol. The molecule has 3 aliphatic rings. The van der Waals surface area contributed by atoms with E-state index in [9.17, 15) is 9.59 Å². The molecule has 2 aromatic carbocycles. The lowest BCUT2D eigenvalue weighted by Crippen LogP contribution is -2.44. The number of nitrogens with zero attached hydrogens (tertiary/aromatic N) is 3. The Labute approximate surface area is 166 Å². The quantitative estimate of drug-likeness (QED) is 0.692. The maximum absolute atomic E-state index is 13.4. The minimum atomic E-state index is -0.394. The summed E-state index contributed by atoms with van der Waals surface area (Å²) >= 11 is 3.48. The molecule has 6 heteroatoms. The first-order chi connectivity index (χ1) is 13.1. The Kier molecular flexibility index (Phi) is 3.96. The molecule has 0 N–H and O–H groups in total. The first-order valence-corrected chi connectivity index (χ1v) is 10.1. The minimum Gasteiger partial charge on any atom is -0.274 e. The molecule has 0 radical (unpaired) electrons. The van der Waals surface area contributed by atoms with Crippen LogP contribution in [0.3, 0.4) is 0 Å². The van der Waals surface area contributed by atoms with E-state index in [0.717, 1.165) is 35.1 Å². The van der Waals surface area contributed by atoms with E-state index in [2.05, 4.69) is 38.1 Å². The number of hydrazine groups is 1. The van der Waals surface area contributed by atoms with Crippen LogP contribution in [0.15, 0.2) is 53.0 Å². The van der Waals surface area contributed by atoms with Gasteiger partial charge in [0.25, 0.3) is 5.91 Å². The molecule has 2 amide bonds. The molecular weight excluding hydrogens is 406 g/mol. The fraction of sp³-hybridized carbons (Fsp3) is 0.333. The van der Waals surface area contributed by atoms with E-state index in [4.69, 9.17) is 0 Å². The van der Waals surface area contributed by atoms with Crippen LogP contribution in [0.5, 0.6) is 0 Å². The molecule has 5 nitrogen and oxygen atoms in total. The van der Waals surface area contributed by atoms with E-state index in [1.54, 1.807) is 0 Å². The van der Waals surface area contributed by atoms with Crippen LogP contribution in [0.25, 0.3) is 0 Å². The van der Waals surface area contributed by atoms with Crippen LogP contribution in [0, 0.1) is 12.8 Å². The van der Waals surface area contributed by atoms with Gasteiger partial charge in [-0.15, -0.1) is 0 Å². The molecule has 0 bridgehead atoms. The van der Waals surface area contributed by atoms with Gasteiger partial charge in [0.15, 0.2) is 0 Å². The summed E-state index contributed by atoms with van der Waals surface area (Å²) in [4.78, 5) is 28.1. The molecule has 0 saturated carbocycles. The molecule has 2 aromatic rings. The number of imide groups is 1. The highest BCUT2D eigenvalue weighted by molar-refractivity contribution is 9.10. The second-order valence-electron chi connectivity index (χ2n) is 7.49. The highest BCUT2D eigenvalue weighted by atomic mass is 79.9. The molecule has 3 fully saturated rings. The van der Waals surface area contributed by atoms with Gasteiger partial charge in [0.05, 0.1) is 17.6 Å². The second-order valence-corrected chi connectivity index (χ2v) is 8.41. The largest absolute Gasteiger partial charge is 0.274 e. The van der Waals surface area contributed by atoms with Crippen LogP contribution in [0.1, 0.15) is 23.6 Å². The summed E-state index contributed by atoms with van der Waals surface area (Å²) in [6, 6.07) is 15.2. The van der Waals surface area contributed by atoms with Crippen LogP contribution in [0.2, 0.25) is 0 Å². The Balaban J connectivity index is 1.57. The SMILES string of the molecule is Cc1ccc(N2C(=O)C3C(C2=O)N2CCCN2C3c2ccc(Br)cc2)cc1. The van der Waals surface area contributed by atoms with Crippen molar-refractivity contribution in [2.75, 3.05) is 18.0 Å². The summed E-state index contributed by atoms with van der Waals surface area (Å²) in [6.07, 6.45) is 1.02. The van der Waals surface area contributed by atoms with Gasteiger partial charge in [0.2, 0.25) is 5.91 Å². The number of anilines is 1. The molecule has 138 valence electrons. The number of amides is 2. The molecule has 27 heavy (non-hydrogen) atoms. The molecule has 5 rings (SSSR count). The van der Waals surface area contributed by atoms with Crippen molar-refractivity contribution >= 4 is 33.4 Å². The van der Waals surface area contributed by atoms with Gasteiger partial charge in [-0.25, -0.2) is 14.9 Å². The van der Waals surface area contributed by atoms with Crippen LogP contribution in [-0.4, -0.2) is 41.0 Å². The monoisotopic (exact) mass is 425 g/mol. The number of fused-ring (bicyclic) bond motifs is 3. The lowest BCUT2D eigenvalue weighted by molar-refractivity contribution is -0.126. The second kappa shape index (κ2) is 6.26. The van der Waals surface area contributed by atoms with Crippen molar-refractivity contribution < 1.29 is 9.59 Å². The van der Waals surface area contributed by atoms with E-state index in [1.807, 2.05) is 43.3 Å². The van der Waals surface area contributed by atoms with Crippen LogP contribution < -0.4 is 4.90 Å². The number of hydrogen-bond donors (Lipinski definition) is 0. The average molecular weight is 426 g/mol. The van der Waals surface area contributed by atoms with Gasteiger partial charge < -0.3 is 0 Å². The zero-order chi connectivity index (χ0) is 18.7. The number of carbonyl (C=O) groups is 2. The lowest BCUT2D eigenvalue weighted by Gasteiger charge is -2.29. The molecular formula is C21H20BrN3O2. The highest BCUT2D eigenvalue weighted by Crippen LogP contribution is 2.48. The molecule has 0 aromatic heterocycles. The summed E-state index contributed by atoms with van der Waals surface area (Å²) < 4.78 is 1.01. The normalized spacial score (nSPS) is 28.1. The Morgan fingerprint density at radius 1 is 0.852 bits per heavy atom.